The van der Waals surface area contributed by atoms with Crippen molar-refractivity contribution >= 4 is 11.4 Å². The predicted octanol–water partition coefficient (Wildman–Crippen LogP) is 3.98. The lowest BCUT2D eigenvalue weighted by Gasteiger charge is -2.23. The normalized spacial score (nSPS) is 14.2. The van der Waals surface area contributed by atoms with Gasteiger partial charge < -0.3 is 10.2 Å². The largest absolute Gasteiger partial charge is 0.342 e. The standard InChI is InChI=1S/C17H18F2N2/c1-21(15-9-5-13(18)6-10-15)17-12(3-2-4-16(17)19)11-20-14-7-8-14/h2-6,9-10,14,20H,7-8,11H2,1H3. The number of benzene rings is 2. The molecule has 0 unspecified atom stereocenters. The zero-order valence-electron chi connectivity index (χ0n) is 11.9. The van der Waals surface area contributed by atoms with Crippen molar-refractivity contribution in [3.63, 3.8) is 0 Å². The number of hydrogen-bond acceptors (Lipinski definition) is 2. The summed E-state index contributed by atoms with van der Waals surface area (Å²) >= 11 is 0. The Balaban J connectivity index is 1.89. The van der Waals surface area contributed by atoms with Crippen LogP contribution in [0.4, 0.5) is 20.2 Å². The van der Waals surface area contributed by atoms with Crippen molar-refractivity contribution in [3.8, 4) is 0 Å². The molecule has 2 nitrogen and oxygen atoms in total. The van der Waals surface area contributed by atoms with Crippen LogP contribution in [-0.2, 0) is 6.54 Å². The summed E-state index contributed by atoms with van der Waals surface area (Å²) in [5, 5.41) is 3.40. The first-order chi connectivity index (χ1) is 10.1. The molecule has 110 valence electrons. The van der Waals surface area contributed by atoms with Gasteiger partial charge in [0, 0.05) is 25.3 Å². The third-order valence-electron chi connectivity index (χ3n) is 3.78. The fraction of sp³-hybridized carbons (Fsp3) is 0.294. The molecule has 21 heavy (non-hydrogen) atoms. The van der Waals surface area contributed by atoms with Gasteiger partial charge in [0.1, 0.15) is 11.6 Å². The Labute approximate surface area is 123 Å². The molecular formula is C17H18F2N2. The second-order valence-corrected chi connectivity index (χ2v) is 5.44. The summed E-state index contributed by atoms with van der Waals surface area (Å²) in [5.74, 6) is -0.562. The number of rotatable bonds is 5. The minimum Gasteiger partial charge on any atom is -0.342 e. The first-order valence-electron chi connectivity index (χ1n) is 7.15. The van der Waals surface area contributed by atoms with E-state index in [0.717, 1.165) is 11.3 Å². The van der Waals surface area contributed by atoms with Gasteiger partial charge in [0.2, 0.25) is 0 Å². The van der Waals surface area contributed by atoms with Gasteiger partial charge in [-0.3, -0.25) is 0 Å². The summed E-state index contributed by atoms with van der Waals surface area (Å²) in [6.07, 6.45) is 2.39. The van der Waals surface area contributed by atoms with E-state index in [1.54, 1.807) is 30.1 Å². The summed E-state index contributed by atoms with van der Waals surface area (Å²) in [6, 6.07) is 11.7. The van der Waals surface area contributed by atoms with E-state index in [0.29, 0.717) is 18.3 Å². The lowest BCUT2D eigenvalue weighted by molar-refractivity contribution is 0.619. The van der Waals surface area contributed by atoms with Crippen molar-refractivity contribution in [3.05, 3.63) is 59.7 Å². The van der Waals surface area contributed by atoms with Crippen molar-refractivity contribution in [1.29, 1.82) is 0 Å². The number of hydrogen-bond donors (Lipinski definition) is 1. The smallest absolute Gasteiger partial charge is 0.147 e. The maximum absolute atomic E-state index is 14.3. The molecule has 1 saturated carbocycles. The molecule has 1 fully saturated rings. The second kappa shape index (κ2) is 5.82. The van der Waals surface area contributed by atoms with Gasteiger partial charge in [-0.15, -0.1) is 0 Å². The fourth-order valence-electron chi connectivity index (χ4n) is 2.41. The number of nitrogens with one attached hydrogen (secondary N) is 1. The molecule has 0 atom stereocenters. The van der Waals surface area contributed by atoms with Crippen LogP contribution in [-0.4, -0.2) is 13.1 Å². The summed E-state index contributed by atoms with van der Waals surface area (Å²) in [5.41, 5.74) is 2.21. The average molecular weight is 288 g/mol. The molecule has 0 aromatic heterocycles. The Hall–Kier alpha value is -1.94. The lowest BCUT2D eigenvalue weighted by atomic mass is 10.1. The highest BCUT2D eigenvalue weighted by molar-refractivity contribution is 5.66. The quantitative estimate of drug-likeness (QED) is 0.895. The van der Waals surface area contributed by atoms with Crippen LogP contribution in [0.25, 0.3) is 0 Å². The van der Waals surface area contributed by atoms with Gasteiger partial charge in [0.15, 0.2) is 0 Å². The number of para-hydroxylation sites is 1. The van der Waals surface area contributed by atoms with Crippen LogP contribution in [0.5, 0.6) is 0 Å². The Kier molecular flexibility index (Phi) is 3.88. The fourth-order valence-corrected chi connectivity index (χ4v) is 2.41. The molecule has 1 aliphatic carbocycles. The van der Waals surface area contributed by atoms with Crippen LogP contribution >= 0.6 is 0 Å². The molecule has 1 N–H and O–H groups in total. The van der Waals surface area contributed by atoms with Crippen LogP contribution in [0.1, 0.15) is 18.4 Å². The number of nitrogens with zero attached hydrogens (tertiary/aromatic N) is 1. The van der Waals surface area contributed by atoms with E-state index in [-0.39, 0.29) is 11.6 Å². The lowest BCUT2D eigenvalue weighted by Crippen LogP contribution is -2.20. The van der Waals surface area contributed by atoms with Crippen LogP contribution in [0.3, 0.4) is 0 Å². The molecule has 4 heteroatoms. The maximum Gasteiger partial charge on any atom is 0.147 e. The van der Waals surface area contributed by atoms with E-state index in [9.17, 15) is 8.78 Å². The number of halogens is 2. The molecular weight excluding hydrogens is 270 g/mol. The molecule has 2 aromatic carbocycles. The van der Waals surface area contributed by atoms with E-state index in [2.05, 4.69) is 5.32 Å². The van der Waals surface area contributed by atoms with Crippen LogP contribution in [0.2, 0.25) is 0 Å². The van der Waals surface area contributed by atoms with Gasteiger partial charge in [-0.1, -0.05) is 12.1 Å². The Morgan fingerprint density at radius 3 is 2.48 bits per heavy atom. The van der Waals surface area contributed by atoms with E-state index in [4.69, 9.17) is 0 Å². The van der Waals surface area contributed by atoms with Gasteiger partial charge in [0.25, 0.3) is 0 Å². The number of anilines is 2. The van der Waals surface area contributed by atoms with Gasteiger partial charge in [-0.2, -0.15) is 0 Å². The predicted molar refractivity (Wildman–Crippen MR) is 80.7 cm³/mol. The highest BCUT2D eigenvalue weighted by Gasteiger charge is 2.21. The molecule has 0 heterocycles. The highest BCUT2D eigenvalue weighted by atomic mass is 19.1. The van der Waals surface area contributed by atoms with Crippen molar-refractivity contribution in [1.82, 2.24) is 5.32 Å². The van der Waals surface area contributed by atoms with Crippen molar-refractivity contribution in [2.24, 2.45) is 0 Å². The third kappa shape index (κ3) is 3.22. The molecule has 0 amide bonds. The van der Waals surface area contributed by atoms with Crippen molar-refractivity contribution in [2.45, 2.75) is 25.4 Å². The summed E-state index contributed by atoms with van der Waals surface area (Å²) in [4.78, 5) is 1.76. The van der Waals surface area contributed by atoms with Crippen LogP contribution in [0, 0.1) is 11.6 Å². The van der Waals surface area contributed by atoms with Crippen LogP contribution < -0.4 is 10.2 Å². The van der Waals surface area contributed by atoms with E-state index in [1.807, 2.05) is 6.07 Å². The van der Waals surface area contributed by atoms with Crippen LogP contribution in [0.15, 0.2) is 42.5 Å². The van der Waals surface area contributed by atoms with Crippen molar-refractivity contribution in [2.75, 3.05) is 11.9 Å². The average Bonchev–Trinajstić information content (AvgIpc) is 3.29. The second-order valence-electron chi connectivity index (χ2n) is 5.44. The minimum absolute atomic E-state index is 0.267. The maximum atomic E-state index is 14.3. The third-order valence-corrected chi connectivity index (χ3v) is 3.78. The molecule has 0 radical (unpaired) electrons. The molecule has 1 aliphatic rings. The topological polar surface area (TPSA) is 15.3 Å². The highest BCUT2D eigenvalue weighted by Crippen LogP contribution is 2.30. The minimum atomic E-state index is -0.295. The van der Waals surface area contributed by atoms with Crippen molar-refractivity contribution < 1.29 is 8.78 Å². The monoisotopic (exact) mass is 288 g/mol. The zero-order valence-corrected chi connectivity index (χ0v) is 11.9. The SMILES string of the molecule is CN(c1ccc(F)cc1)c1c(F)cccc1CNC1CC1. The molecule has 0 saturated heterocycles. The molecule has 2 aromatic rings. The first kappa shape index (κ1) is 14.0. The van der Waals surface area contributed by atoms with Gasteiger partial charge in [-0.25, -0.2) is 8.78 Å². The Morgan fingerprint density at radius 1 is 1.10 bits per heavy atom. The van der Waals surface area contributed by atoms with E-state index in [1.165, 1.54) is 31.0 Å². The Morgan fingerprint density at radius 2 is 1.81 bits per heavy atom. The van der Waals surface area contributed by atoms with Gasteiger partial charge in [-0.05, 0) is 48.7 Å². The summed E-state index contributed by atoms with van der Waals surface area (Å²) < 4.78 is 27.3. The van der Waals surface area contributed by atoms with Gasteiger partial charge >= 0.3 is 0 Å². The van der Waals surface area contributed by atoms with Gasteiger partial charge in [0.05, 0.1) is 5.69 Å². The Bertz CT molecular complexity index is 621. The van der Waals surface area contributed by atoms with E-state index < -0.39 is 0 Å². The van der Waals surface area contributed by atoms with E-state index >= 15 is 0 Å². The summed E-state index contributed by atoms with van der Waals surface area (Å²) in [7, 11) is 1.80. The molecule has 0 bridgehead atoms. The first-order valence-corrected chi connectivity index (χ1v) is 7.15. The molecule has 0 aliphatic heterocycles. The summed E-state index contributed by atoms with van der Waals surface area (Å²) in [6.45, 7) is 0.642. The zero-order chi connectivity index (χ0) is 14.8. The molecule has 3 rings (SSSR count). The molecule has 0 spiro atoms.